The van der Waals surface area contributed by atoms with Crippen molar-refractivity contribution in [2.45, 2.75) is 20.4 Å². The fraction of sp³-hybridized carbons (Fsp3) is 0.158. The van der Waals surface area contributed by atoms with E-state index in [1.165, 1.54) is 12.5 Å². The third kappa shape index (κ3) is 4.73. The Labute approximate surface area is 157 Å². The summed E-state index contributed by atoms with van der Waals surface area (Å²) in [6, 6.07) is 15.4. The molecule has 0 spiro atoms. The first kappa shape index (κ1) is 17.8. The van der Waals surface area contributed by atoms with E-state index in [1.54, 1.807) is 35.3 Å². The van der Waals surface area contributed by atoms with Crippen LogP contribution in [-0.4, -0.2) is 25.7 Å². The van der Waals surface area contributed by atoms with Gasteiger partial charge in [-0.1, -0.05) is 29.8 Å². The van der Waals surface area contributed by atoms with Crippen molar-refractivity contribution in [3.8, 4) is 0 Å². The van der Waals surface area contributed by atoms with Crippen molar-refractivity contribution in [2.24, 2.45) is 0 Å². The van der Waals surface area contributed by atoms with Gasteiger partial charge in [-0.05, 0) is 55.9 Å². The second kappa shape index (κ2) is 7.88. The van der Waals surface area contributed by atoms with Gasteiger partial charge in [-0.25, -0.2) is 9.67 Å². The Morgan fingerprint density at radius 2 is 1.92 bits per heavy atom. The number of carbonyl (C=O) groups excluding carboxylic acids is 1. The third-order valence-corrected chi connectivity index (χ3v) is 3.94. The summed E-state index contributed by atoms with van der Waals surface area (Å²) in [5.41, 5.74) is 3.81. The SMILES string of the molecule is CC(=O)c1ccc(NC(=S)Nc2ncn(Cc3cccc(C)c3)n2)cc1. The smallest absolute Gasteiger partial charge is 0.248 e. The Hall–Kier alpha value is -3.06. The molecule has 1 heterocycles. The molecule has 0 saturated heterocycles. The van der Waals surface area contributed by atoms with Gasteiger partial charge in [0.2, 0.25) is 5.95 Å². The van der Waals surface area contributed by atoms with Crippen molar-refractivity contribution in [3.05, 3.63) is 71.5 Å². The van der Waals surface area contributed by atoms with E-state index >= 15 is 0 Å². The fourth-order valence-corrected chi connectivity index (χ4v) is 2.69. The normalized spacial score (nSPS) is 10.4. The number of aromatic nitrogens is 3. The summed E-state index contributed by atoms with van der Waals surface area (Å²) < 4.78 is 1.75. The minimum Gasteiger partial charge on any atom is -0.332 e. The van der Waals surface area contributed by atoms with Gasteiger partial charge in [-0.15, -0.1) is 5.10 Å². The summed E-state index contributed by atoms with van der Waals surface area (Å²) >= 11 is 5.28. The number of hydrogen-bond acceptors (Lipinski definition) is 4. The zero-order valence-corrected chi connectivity index (χ0v) is 15.4. The van der Waals surface area contributed by atoms with Crippen LogP contribution in [0.4, 0.5) is 11.6 Å². The van der Waals surface area contributed by atoms with Crippen LogP contribution < -0.4 is 10.6 Å². The standard InChI is InChI=1S/C19H19N5OS/c1-13-4-3-5-15(10-13)11-24-12-20-18(23-24)22-19(26)21-17-8-6-16(7-9-17)14(2)25/h3-10,12H,11H2,1-2H3,(H2,21,22,23,26). The molecule has 0 aliphatic carbocycles. The Bertz CT molecular complexity index is 933. The Morgan fingerprint density at radius 3 is 2.62 bits per heavy atom. The summed E-state index contributed by atoms with van der Waals surface area (Å²) in [4.78, 5) is 15.5. The highest BCUT2D eigenvalue weighted by atomic mass is 32.1. The van der Waals surface area contributed by atoms with Crippen LogP contribution in [0.1, 0.15) is 28.4 Å². The second-order valence-corrected chi connectivity index (χ2v) is 6.38. The molecule has 132 valence electrons. The predicted molar refractivity (Wildman–Crippen MR) is 107 cm³/mol. The molecule has 6 nitrogen and oxygen atoms in total. The minimum absolute atomic E-state index is 0.0283. The fourth-order valence-electron chi connectivity index (χ4n) is 2.48. The molecular weight excluding hydrogens is 346 g/mol. The summed E-state index contributed by atoms with van der Waals surface area (Å²) in [5.74, 6) is 0.455. The van der Waals surface area contributed by atoms with Crippen LogP contribution in [0, 0.1) is 6.92 Å². The second-order valence-electron chi connectivity index (χ2n) is 5.97. The number of hydrogen-bond donors (Lipinski definition) is 2. The molecule has 3 rings (SSSR count). The summed E-state index contributed by atoms with van der Waals surface area (Å²) in [6.07, 6.45) is 1.66. The number of thiocarbonyl (C=S) groups is 1. The van der Waals surface area contributed by atoms with Crippen LogP contribution in [0.5, 0.6) is 0 Å². The van der Waals surface area contributed by atoms with E-state index in [4.69, 9.17) is 12.2 Å². The van der Waals surface area contributed by atoms with Crippen molar-refractivity contribution in [1.82, 2.24) is 14.8 Å². The predicted octanol–water partition coefficient (Wildman–Crippen LogP) is 3.65. The van der Waals surface area contributed by atoms with Gasteiger partial charge in [-0.3, -0.25) is 10.1 Å². The number of benzene rings is 2. The first-order valence-electron chi connectivity index (χ1n) is 8.13. The van der Waals surface area contributed by atoms with E-state index in [2.05, 4.69) is 45.8 Å². The number of Topliss-reactive ketones (excluding diaryl/α,β-unsaturated/α-hetero) is 1. The van der Waals surface area contributed by atoms with E-state index < -0.39 is 0 Å². The lowest BCUT2D eigenvalue weighted by molar-refractivity contribution is 0.101. The molecule has 0 fully saturated rings. The average Bonchev–Trinajstić information content (AvgIpc) is 3.02. The van der Waals surface area contributed by atoms with Crippen molar-refractivity contribution in [1.29, 1.82) is 0 Å². The molecule has 0 aliphatic heterocycles. The molecule has 0 bridgehead atoms. The zero-order chi connectivity index (χ0) is 18.5. The van der Waals surface area contributed by atoms with Crippen LogP contribution in [0.25, 0.3) is 0 Å². The van der Waals surface area contributed by atoms with Gasteiger partial charge in [0.25, 0.3) is 0 Å². The number of rotatable bonds is 5. The molecule has 7 heteroatoms. The van der Waals surface area contributed by atoms with Gasteiger partial charge >= 0.3 is 0 Å². The maximum Gasteiger partial charge on any atom is 0.248 e. The van der Waals surface area contributed by atoms with Crippen LogP contribution in [0.2, 0.25) is 0 Å². The summed E-state index contributed by atoms with van der Waals surface area (Å²) in [6.45, 7) is 4.24. The lowest BCUT2D eigenvalue weighted by Gasteiger charge is -2.08. The summed E-state index contributed by atoms with van der Waals surface area (Å²) in [5, 5.41) is 10.8. The topological polar surface area (TPSA) is 71.8 Å². The van der Waals surface area contributed by atoms with Crippen LogP contribution >= 0.6 is 12.2 Å². The van der Waals surface area contributed by atoms with Crippen molar-refractivity contribution in [2.75, 3.05) is 10.6 Å². The van der Waals surface area contributed by atoms with Crippen LogP contribution in [-0.2, 0) is 6.54 Å². The molecule has 26 heavy (non-hydrogen) atoms. The number of ketones is 1. The summed E-state index contributed by atoms with van der Waals surface area (Å²) in [7, 11) is 0. The Morgan fingerprint density at radius 1 is 1.15 bits per heavy atom. The molecule has 0 unspecified atom stereocenters. The van der Waals surface area contributed by atoms with Crippen molar-refractivity contribution < 1.29 is 4.79 Å². The highest BCUT2D eigenvalue weighted by Crippen LogP contribution is 2.11. The van der Waals surface area contributed by atoms with Crippen molar-refractivity contribution >= 4 is 34.7 Å². The molecule has 1 aromatic heterocycles. The number of carbonyl (C=O) groups is 1. The molecule has 0 atom stereocenters. The van der Waals surface area contributed by atoms with Gasteiger partial charge in [0, 0.05) is 11.3 Å². The van der Waals surface area contributed by atoms with E-state index in [0.29, 0.717) is 23.2 Å². The highest BCUT2D eigenvalue weighted by molar-refractivity contribution is 7.80. The maximum atomic E-state index is 11.3. The van der Waals surface area contributed by atoms with Crippen LogP contribution in [0.15, 0.2) is 54.9 Å². The zero-order valence-electron chi connectivity index (χ0n) is 14.6. The quantitative estimate of drug-likeness (QED) is 0.531. The van der Waals surface area contributed by atoms with Gasteiger partial charge in [0.1, 0.15) is 6.33 Å². The monoisotopic (exact) mass is 365 g/mol. The molecule has 2 aromatic carbocycles. The lowest BCUT2D eigenvalue weighted by atomic mass is 10.1. The number of anilines is 2. The molecule has 0 saturated carbocycles. The lowest BCUT2D eigenvalue weighted by Crippen LogP contribution is -2.20. The molecular formula is C19H19N5OS. The molecule has 2 N–H and O–H groups in total. The Balaban J connectivity index is 1.58. The Kier molecular flexibility index (Phi) is 5.38. The van der Waals surface area contributed by atoms with Gasteiger partial charge in [0.05, 0.1) is 6.54 Å². The molecule has 0 radical (unpaired) electrons. The molecule has 3 aromatic rings. The number of nitrogens with one attached hydrogen (secondary N) is 2. The maximum absolute atomic E-state index is 11.3. The molecule has 0 amide bonds. The highest BCUT2D eigenvalue weighted by Gasteiger charge is 2.05. The van der Waals surface area contributed by atoms with E-state index in [9.17, 15) is 4.79 Å². The number of aryl methyl sites for hydroxylation is 1. The molecule has 0 aliphatic rings. The first-order valence-corrected chi connectivity index (χ1v) is 8.54. The van der Waals surface area contributed by atoms with Gasteiger partial charge in [0.15, 0.2) is 10.9 Å². The number of nitrogens with zero attached hydrogens (tertiary/aromatic N) is 3. The van der Waals surface area contributed by atoms with E-state index in [-0.39, 0.29) is 5.78 Å². The van der Waals surface area contributed by atoms with Crippen LogP contribution in [0.3, 0.4) is 0 Å². The van der Waals surface area contributed by atoms with Crippen molar-refractivity contribution in [3.63, 3.8) is 0 Å². The first-order chi connectivity index (χ1) is 12.5. The third-order valence-electron chi connectivity index (χ3n) is 3.74. The van der Waals surface area contributed by atoms with Gasteiger partial charge < -0.3 is 5.32 Å². The van der Waals surface area contributed by atoms with E-state index in [1.807, 2.05) is 6.07 Å². The minimum atomic E-state index is 0.0283. The van der Waals surface area contributed by atoms with E-state index in [0.717, 1.165) is 11.3 Å². The largest absolute Gasteiger partial charge is 0.332 e. The van der Waals surface area contributed by atoms with Gasteiger partial charge in [-0.2, -0.15) is 0 Å². The average molecular weight is 365 g/mol.